The van der Waals surface area contributed by atoms with Crippen molar-refractivity contribution in [1.29, 1.82) is 0 Å². The molecule has 23 heavy (non-hydrogen) atoms. The number of anilines is 1. The van der Waals surface area contributed by atoms with Crippen LogP contribution in [0.3, 0.4) is 0 Å². The Morgan fingerprint density at radius 1 is 1.43 bits per heavy atom. The molecule has 4 nitrogen and oxygen atoms in total. The van der Waals surface area contributed by atoms with Gasteiger partial charge in [-0.3, -0.25) is 4.79 Å². The maximum Gasteiger partial charge on any atom is 0.232 e. The number of amides is 1. The number of hydrogen-bond donors (Lipinski definition) is 1. The van der Waals surface area contributed by atoms with E-state index in [1.165, 1.54) is 12.1 Å². The highest BCUT2D eigenvalue weighted by molar-refractivity contribution is 7.09. The van der Waals surface area contributed by atoms with Gasteiger partial charge in [-0.15, -0.1) is 0 Å². The largest absolute Gasteiger partial charge is 0.300 e. The lowest BCUT2D eigenvalue weighted by molar-refractivity contribution is -0.121. The Kier molecular flexibility index (Phi) is 3.41. The van der Waals surface area contributed by atoms with Crippen LogP contribution in [0.25, 0.3) is 0 Å². The minimum Gasteiger partial charge on any atom is -0.300 e. The van der Waals surface area contributed by atoms with Crippen LogP contribution in [0.1, 0.15) is 37.1 Å². The summed E-state index contributed by atoms with van der Waals surface area (Å²) in [7, 11) is 0. The molecule has 1 amide bonds. The van der Waals surface area contributed by atoms with Gasteiger partial charge in [0.1, 0.15) is 17.5 Å². The molecule has 120 valence electrons. The molecule has 2 saturated carbocycles. The first-order chi connectivity index (χ1) is 11.1. The highest BCUT2D eigenvalue weighted by Crippen LogP contribution is 2.63. The Morgan fingerprint density at radius 3 is 3.00 bits per heavy atom. The molecule has 0 radical (unpaired) electrons. The molecule has 1 aromatic carbocycles. The van der Waals surface area contributed by atoms with Gasteiger partial charge in [-0.25, -0.2) is 13.8 Å². The fourth-order valence-electron chi connectivity index (χ4n) is 3.55. The molecular formula is C16H15F2N3OS. The second kappa shape index (κ2) is 5.33. The quantitative estimate of drug-likeness (QED) is 0.930. The average molecular weight is 335 g/mol. The zero-order chi connectivity index (χ0) is 16.0. The highest BCUT2D eigenvalue weighted by atomic mass is 32.1. The summed E-state index contributed by atoms with van der Waals surface area (Å²) in [4.78, 5) is 16.6. The molecule has 2 aliphatic rings. The second-order valence-electron chi connectivity index (χ2n) is 6.33. The van der Waals surface area contributed by atoms with Crippen LogP contribution in [0.2, 0.25) is 0 Å². The van der Waals surface area contributed by atoms with Crippen LogP contribution >= 0.6 is 11.5 Å². The molecule has 0 bridgehead atoms. The van der Waals surface area contributed by atoms with E-state index < -0.39 is 11.6 Å². The molecule has 1 N–H and O–H groups in total. The predicted octanol–water partition coefficient (Wildman–Crippen LogP) is 3.54. The Labute approximate surface area is 136 Å². The number of fused-ring (bicyclic) bond motifs is 1. The van der Waals surface area contributed by atoms with Crippen LogP contribution in [0.5, 0.6) is 0 Å². The standard InChI is InChI=1S/C16H15F2N3OS/c17-11-4-3-9(12(18)7-11)6-13-19-15(23-21-13)20-14(22)16-5-1-2-10(16)8-16/h3-4,7,10H,1-2,5-6,8H2,(H,19,20,21,22)/t10-,16-/m1/s1. The molecule has 1 aromatic heterocycles. The van der Waals surface area contributed by atoms with Crippen molar-refractivity contribution in [3.8, 4) is 0 Å². The minimum absolute atomic E-state index is 0.0377. The molecule has 2 aliphatic carbocycles. The first-order valence-corrected chi connectivity index (χ1v) is 8.42. The Balaban J connectivity index is 1.44. The van der Waals surface area contributed by atoms with Gasteiger partial charge in [0, 0.05) is 24.0 Å². The summed E-state index contributed by atoms with van der Waals surface area (Å²) in [6.45, 7) is 0. The van der Waals surface area contributed by atoms with Gasteiger partial charge in [0.15, 0.2) is 0 Å². The van der Waals surface area contributed by atoms with E-state index in [1.54, 1.807) is 0 Å². The van der Waals surface area contributed by atoms with Gasteiger partial charge in [-0.2, -0.15) is 4.37 Å². The van der Waals surface area contributed by atoms with Gasteiger partial charge in [-0.05, 0) is 36.8 Å². The van der Waals surface area contributed by atoms with Crippen LogP contribution in [0.4, 0.5) is 13.9 Å². The third-order valence-electron chi connectivity index (χ3n) is 4.91. The Hall–Kier alpha value is -1.89. The lowest BCUT2D eigenvalue weighted by Crippen LogP contribution is -2.23. The maximum atomic E-state index is 13.7. The van der Waals surface area contributed by atoms with Crippen molar-refractivity contribution in [2.45, 2.75) is 32.1 Å². The van der Waals surface area contributed by atoms with E-state index in [2.05, 4.69) is 14.7 Å². The number of aromatic nitrogens is 2. The monoisotopic (exact) mass is 335 g/mol. The van der Waals surface area contributed by atoms with Crippen LogP contribution in [0, 0.1) is 23.0 Å². The van der Waals surface area contributed by atoms with Gasteiger partial charge in [0.2, 0.25) is 11.0 Å². The molecule has 0 saturated heterocycles. The first kappa shape index (κ1) is 14.7. The molecule has 2 atom stereocenters. The lowest BCUT2D eigenvalue weighted by Gasteiger charge is -2.09. The Morgan fingerprint density at radius 2 is 2.30 bits per heavy atom. The van der Waals surface area contributed by atoms with Gasteiger partial charge < -0.3 is 5.32 Å². The van der Waals surface area contributed by atoms with Gasteiger partial charge in [0.05, 0.1) is 5.41 Å². The number of carbonyl (C=O) groups excluding carboxylic acids is 1. The second-order valence-corrected chi connectivity index (χ2v) is 7.08. The molecule has 0 unspecified atom stereocenters. The van der Waals surface area contributed by atoms with Crippen LogP contribution in [0.15, 0.2) is 18.2 Å². The average Bonchev–Trinajstić information content (AvgIpc) is 2.87. The van der Waals surface area contributed by atoms with Crippen molar-refractivity contribution in [1.82, 2.24) is 9.36 Å². The molecule has 7 heteroatoms. The molecule has 2 aromatic rings. The zero-order valence-corrected chi connectivity index (χ0v) is 13.1. The smallest absolute Gasteiger partial charge is 0.232 e. The summed E-state index contributed by atoms with van der Waals surface area (Å²) >= 11 is 1.09. The van der Waals surface area contributed by atoms with E-state index in [9.17, 15) is 13.6 Å². The van der Waals surface area contributed by atoms with Gasteiger partial charge in [0.25, 0.3) is 0 Å². The maximum absolute atomic E-state index is 13.7. The van der Waals surface area contributed by atoms with Crippen molar-refractivity contribution in [2.75, 3.05) is 5.32 Å². The number of nitrogens with zero attached hydrogens (tertiary/aromatic N) is 2. The predicted molar refractivity (Wildman–Crippen MR) is 82.1 cm³/mol. The van der Waals surface area contributed by atoms with E-state index in [1.807, 2.05) is 0 Å². The van der Waals surface area contributed by atoms with Crippen molar-refractivity contribution in [2.24, 2.45) is 11.3 Å². The normalized spacial score (nSPS) is 25.2. The fourth-order valence-corrected chi connectivity index (χ4v) is 4.14. The van der Waals surface area contributed by atoms with Crippen molar-refractivity contribution in [3.05, 3.63) is 41.2 Å². The van der Waals surface area contributed by atoms with Crippen LogP contribution in [-0.4, -0.2) is 15.3 Å². The molecule has 0 spiro atoms. The van der Waals surface area contributed by atoms with Crippen molar-refractivity contribution in [3.63, 3.8) is 0 Å². The first-order valence-electron chi connectivity index (χ1n) is 7.65. The molecular weight excluding hydrogens is 320 g/mol. The fraction of sp³-hybridized carbons (Fsp3) is 0.438. The van der Waals surface area contributed by atoms with E-state index in [0.717, 1.165) is 43.3 Å². The number of benzene rings is 1. The summed E-state index contributed by atoms with van der Waals surface area (Å²) in [5.41, 5.74) is 0.160. The van der Waals surface area contributed by atoms with E-state index in [-0.39, 0.29) is 17.7 Å². The zero-order valence-electron chi connectivity index (χ0n) is 12.3. The number of halogens is 2. The van der Waals surface area contributed by atoms with Crippen molar-refractivity contribution >= 4 is 22.6 Å². The van der Waals surface area contributed by atoms with E-state index in [0.29, 0.717) is 22.4 Å². The molecule has 2 fully saturated rings. The number of nitrogens with one attached hydrogen (secondary N) is 1. The Bertz CT molecular complexity index is 778. The minimum atomic E-state index is -0.615. The summed E-state index contributed by atoms with van der Waals surface area (Å²) in [5, 5.41) is 3.29. The third-order valence-corrected chi connectivity index (χ3v) is 5.58. The summed E-state index contributed by atoms with van der Waals surface area (Å²) < 4.78 is 30.7. The summed E-state index contributed by atoms with van der Waals surface area (Å²) in [5.74, 6) is -0.234. The number of rotatable bonds is 4. The van der Waals surface area contributed by atoms with Gasteiger partial charge >= 0.3 is 0 Å². The van der Waals surface area contributed by atoms with E-state index in [4.69, 9.17) is 0 Å². The van der Waals surface area contributed by atoms with Crippen molar-refractivity contribution < 1.29 is 13.6 Å². The third kappa shape index (κ3) is 2.63. The molecule has 1 heterocycles. The SMILES string of the molecule is O=C(Nc1nc(Cc2ccc(F)cc2F)ns1)[C@@]12CCC[C@@H]1C2. The lowest BCUT2D eigenvalue weighted by atomic mass is 10.0. The van der Waals surface area contributed by atoms with Crippen LogP contribution < -0.4 is 5.32 Å². The summed E-state index contributed by atoms with van der Waals surface area (Å²) in [6.07, 6.45) is 4.36. The van der Waals surface area contributed by atoms with Gasteiger partial charge in [-0.1, -0.05) is 12.5 Å². The number of hydrogen-bond acceptors (Lipinski definition) is 4. The topological polar surface area (TPSA) is 54.9 Å². The summed E-state index contributed by atoms with van der Waals surface area (Å²) in [6, 6.07) is 3.44. The molecule has 4 rings (SSSR count). The van der Waals surface area contributed by atoms with E-state index >= 15 is 0 Å². The highest BCUT2D eigenvalue weighted by Gasteiger charge is 2.62. The van der Waals surface area contributed by atoms with Crippen LogP contribution in [-0.2, 0) is 11.2 Å². The molecule has 0 aliphatic heterocycles. The number of carbonyl (C=O) groups is 1.